The van der Waals surface area contributed by atoms with Gasteiger partial charge in [-0.2, -0.15) is 0 Å². The lowest BCUT2D eigenvalue weighted by molar-refractivity contribution is -0.111. The zero-order valence-corrected chi connectivity index (χ0v) is 15.0. The molecule has 5 nitrogen and oxygen atoms in total. The molecule has 0 aromatic rings. The fourth-order valence-corrected chi connectivity index (χ4v) is 2.30. The molecule has 126 valence electrons. The van der Waals surface area contributed by atoms with E-state index in [1.54, 1.807) is 0 Å². The molecule has 0 aliphatic heterocycles. The summed E-state index contributed by atoms with van der Waals surface area (Å²) in [6.45, 7) is 6.14. The number of aliphatic hydroxyl groups excluding tert-OH is 1. The maximum Gasteiger partial charge on any atom is 0.338 e. The molecule has 0 fully saturated rings. The molecule has 0 radical (unpaired) electrons. The smallest absolute Gasteiger partial charge is 0.338 e. The predicted octanol–water partition coefficient (Wildman–Crippen LogP) is 3.18. The molecule has 0 atom stereocenters. The normalized spacial score (nSPS) is 12.7. The molecule has 0 aromatic heterocycles. The third-order valence-electron chi connectivity index (χ3n) is 3.20. The van der Waals surface area contributed by atoms with Gasteiger partial charge >= 0.3 is 7.60 Å². The maximum atomic E-state index is 11.7. The molecule has 0 bridgehead atoms. The number of rotatable bonds is 9. The predicted molar refractivity (Wildman–Crippen MR) is 87.7 cm³/mol. The van der Waals surface area contributed by atoms with Gasteiger partial charge in [0.05, 0.1) is 0 Å². The number of carbonyl (C=O) groups excluding carboxylic acids is 1. The molecule has 1 N–H and O–H groups in total. The summed E-state index contributed by atoms with van der Waals surface area (Å²) in [6.07, 6.45) is 3.87. The van der Waals surface area contributed by atoms with Gasteiger partial charge in [0.25, 0.3) is 0 Å². The van der Waals surface area contributed by atoms with Crippen molar-refractivity contribution in [3.63, 3.8) is 0 Å². The molecule has 6 heteroatoms. The van der Waals surface area contributed by atoms with Crippen LogP contribution >= 0.6 is 7.60 Å². The van der Waals surface area contributed by atoms with Gasteiger partial charge in [0.15, 0.2) is 0 Å². The summed E-state index contributed by atoms with van der Waals surface area (Å²) in [5.41, 5.74) is 1.05. The number of allylic oxidation sites excluding steroid dienone is 2. The van der Waals surface area contributed by atoms with E-state index in [0.29, 0.717) is 6.42 Å². The Balaban J connectivity index is 4.29. The standard InChI is InChI=1S/C16H27O5P/c1-14(10-11-16(2,3)13-17)8-6-7-9-15(18)12-22(19,20-4)21-5/h10,17H,6,8,11-13H2,1-5H3/b14-10-. The van der Waals surface area contributed by atoms with E-state index in [1.165, 1.54) is 19.8 Å². The first-order valence-corrected chi connectivity index (χ1v) is 8.89. The molecule has 0 spiro atoms. The van der Waals surface area contributed by atoms with Crippen molar-refractivity contribution in [2.75, 3.05) is 27.0 Å². The zero-order valence-electron chi connectivity index (χ0n) is 14.1. The first kappa shape index (κ1) is 21.1. The van der Waals surface area contributed by atoms with Crippen molar-refractivity contribution >= 4 is 13.4 Å². The number of carbonyl (C=O) groups is 1. The molecule has 22 heavy (non-hydrogen) atoms. The van der Waals surface area contributed by atoms with Crippen LogP contribution in [0.15, 0.2) is 11.6 Å². The number of aliphatic hydroxyl groups is 1. The van der Waals surface area contributed by atoms with Crippen LogP contribution in [-0.4, -0.2) is 37.9 Å². The van der Waals surface area contributed by atoms with Crippen molar-refractivity contribution in [3.05, 3.63) is 11.6 Å². The lowest BCUT2D eigenvalue weighted by Crippen LogP contribution is -2.15. The van der Waals surface area contributed by atoms with Crippen molar-refractivity contribution in [3.8, 4) is 11.8 Å². The van der Waals surface area contributed by atoms with E-state index in [2.05, 4.69) is 17.9 Å². The largest absolute Gasteiger partial charge is 0.396 e. The average Bonchev–Trinajstić information content (AvgIpc) is 2.49. The van der Waals surface area contributed by atoms with E-state index in [9.17, 15) is 14.5 Å². The Labute approximate surface area is 133 Å². The lowest BCUT2D eigenvalue weighted by Gasteiger charge is -2.19. The van der Waals surface area contributed by atoms with Gasteiger partial charge in [0, 0.05) is 27.2 Å². The molecular weight excluding hydrogens is 303 g/mol. The van der Waals surface area contributed by atoms with Crippen LogP contribution in [0.2, 0.25) is 0 Å². The highest BCUT2D eigenvalue weighted by Crippen LogP contribution is 2.45. The highest BCUT2D eigenvalue weighted by Gasteiger charge is 2.24. The second-order valence-corrected chi connectivity index (χ2v) is 8.20. The Bertz CT molecular complexity index is 488. The summed E-state index contributed by atoms with van der Waals surface area (Å²) in [7, 11) is -0.839. The first-order chi connectivity index (χ1) is 10.2. The Morgan fingerprint density at radius 2 is 1.91 bits per heavy atom. The molecule has 0 heterocycles. The van der Waals surface area contributed by atoms with Gasteiger partial charge in [-0.15, -0.1) is 0 Å². The van der Waals surface area contributed by atoms with E-state index >= 15 is 0 Å². The second kappa shape index (κ2) is 9.97. The number of hydrogen-bond donors (Lipinski definition) is 1. The van der Waals surface area contributed by atoms with Crippen LogP contribution in [0.25, 0.3) is 0 Å². The minimum atomic E-state index is -3.33. The topological polar surface area (TPSA) is 72.8 Å². The van der Waals surface area contributed by atoms with Crippen molar-refractivity contribution in [2.24, 2.45) is 5.41 Å². The summed E-state index contributed by atoms with van der Waals surface area (Å²) in [4.78, 5) is 11.6. The summed E-state index contributed by atoms with van der Waals surface area (Å²) < 4.78 is 21.1. The van der Waals surface area contributed by atoms with Gasteiger partial charge in [-0.3, -0.25) is 9.36 Å². The second-order valence-electron chi connectivity index (χ2n) is 5.94. The highest BCUT2D eigenvalue weighted by atomic mass is 31.2. The Morgan fingerprint density at radius 1 is 1.32 bits per heavy atom. The summed E-state index contributed by atoms with van der Waals surface area (Å²) in [5, 5.41) is 9.18. The van der Waals surface area contributed by atoms with Crippen LogP contribution in [0.4, 0.5) is 0 Å². The van der Waals surface area contributed by atoms with Gasteiger partial charge in [-0.1, -0.05) is 31.4 Å². The summed E-state index contributed by atoms with van der Waals surface area (Å²) in [5.74, 6) is 4.78. The van der Waals surface area contributed by atoms with Crippen molar-refractivity contribution in [1.29, 1.82) is 0 Å². The van der Waals surface area contributed by atoms with Gasteiger partial charge in [0.2, 0.25) is 5.78 Å². The van der Waals surface area contributed by atoms with Crippen LogP contribution in [0, 0.1) is 17.3 Å². The van der Waals surface area contributed by atoms with E-state index in [4.69, 9.17) is 9.05 Å². The van der Waals surface area contributed by atoms with E-state index in [0.717, 1.165) is 12.8 Å². The number of hydrogen-bond acceptors (Lipinski definition) is 5. The van der Waals surface area contributed by atoms with Crippen LogP contribution in [0.3, 0.4) is 0 Å². The molecule has 0 amide bonds. The van der Waals surface area contributed by atoms with Crippen LogP contribution in [0.1, 0.15) is 40.0 Å². The summed E-state index contributed by atoms with van der Waals surface area (Å²) >= 11 is 0. The molecule has 0 aliphatic carbocycles. The number of ketones is 1. The third kappa shape index (κ3) is 9.17. The fourth-order valence-electron chi connectivity index (χ4n) is 1.46. The van der Waals surface area contributed by atoms with E-state index in [1.807, 2.05) is 20.8 Å². The molecule has 0 saturated carbocycles. The van der Waals surface area contributed by atoms with E-state index in [-0.39, 0.29) is 18.2 Å². The minimum Gasteiger partial charge on any atom is -0.396 e. The van der Waals surface area contributed by atoms with Crippen molar-refractivity contribution in [1.82, 2.24) is 0 Å². The van der Waals surface area contributed by atoms with Crippen molar-refractivity contribution in [2.45, 2.75) is 40.0 Å². The van der Waals surface area contributed by atoms with Crippen LogP contribution in [0.5, 0.6) is 0 Å². The van der Waals surface area contributed by atoms with Crippen LogP contribution < -0.4 is 0 Å². The molecule has 0 rings (SSSR count). The zero-order chi connectivity index (χ0) is 17.2. The Morgan fingerprint density at radius 3 is 2.41 bits per heavy atom. The Kier molecular flexibility index (Phi) is 9.55. The Hall–Kier alpha value is -0.920. The number of Topliss-reactive ketones (excluding diaryl/α,β-unsaturated/α-hetero) is 1. The van der Waals surface area contributed by atoms with Gasteiger partial charge in [0.1, 0.15) is 6.16 Å². The van der Waals surface area contributed by atoms with E-state index < -0.39 is 13.4 Å². The average molecular weight is 330 g/mol. The first-order valence-electron chi connectivity index (χ1n) is 7.17. The van der Waals surface area contributed by atoms with Gasteiger partial charge in [-0.05, 0) is 31.1 Å². The van der Waals surface area contributed by atoms with Crippen molar-refractivity contribution < 1.29 is 23.5 Å². The van der Waals surface area contributed by atoms with Gasteiger partial charge < -0.3 is 14.2 Å². The van der Waals surface area contributed by atoms with Gasteiger partial charge in [-0.25, -0.2) is 0 Å². The molecule has 0 unspecified atom stereocenters. The quantitative estimate of drug-likeness (QED) is 0.304. The molecule has 0 aliphatic rings. The summed E-state index contributed by atoms with van der Waals surface area (Å²) in [6, 6.07) is 0. The SMILES string of the molecule is COP(=O)(CC(=O)C#CCC/C(C)=C\CC(C)(C)CO)OC. The molecule has 0 saturated heterocycles. The molecule has 0 aromatic carbocycles. The third-order valence-corrected chi connectivity index (χ3v) is 4.98. The maximum absolute atomic E-state index is 11.7. The minimum absolute atomic E-state index is 0.121. The molecular formula is C16H27O5P. The lowest BCUT2D eigenvalue weighted by atomic mass is 9.89. The highest BCUT2D eigenvalue weighted by molar-refractivity contribution is 7.54. The fraction of sp³-hybridized carbons (Fsp3) is 0.688. The monoisotopic (exact) mass is 330 g/mol. The van der Waals surface area contributed by atoms with Crippen LogP contribution in [-0.2, 0) is 18.4 Å².